The fourth-order valence-corrected chi connectivity index (χ4v) is 4.03. The van der Waals surface area contributed by atoms with Crippen molar-refractivity contribution < 1.29 is 9.53 Å². The largest absolute Gasteiger partial charge is 0.378 e. The molecule has 4 rings (SSSR count). The monoisotopic (exact) mass is 367 g/mol. The Labute approximate surface area is 156 Å². The molecule has 6 heteroatoms. The summed E-state index contributed by atoms with van der Waals surface area (Å²) in [5.41, 5.74) is 3.99. The molecular formula is C20H21N3O2S. The van der Waals surface area contributed by atoms with Gasteiger partial charge in [-0.05, 0) is 30.7 Å². The fraction of sp³-hybridized carbons (Fsp3) is 0.300. The Kier molecular flexibility index (Phi) is 4.86. The fourth-order valence-electron chi connectivity index (χ4n) is 2.98. The van der Waals surface area contributed by atoms with Crippen molar-refractivity contribution in [2.75, 3.05) is 36.5 Å². The summed E-state index contributed by atoms with van der Waals surface area (Å²) in [4.78, 5) is 19.3. The molecule has 26 heavy (non-hydrogen) atoms. The van der Waals surface area contributed by atoms with Gasteiger partial charge in [-0.3, -0.25) is 4.79 Å². The summed E-state index contributed by atoms with van der Waals surface area (Å²) in [6, 6.07) is 13.9. The number of aryl methyl sites for hydroxylation is 1. The standard InChI is InChI=1S/C20H21N3O2S/c1-14-2-4-15(5-3-14)12-19(24)21-16-6-7-17-18(13-16)26-20(22-17)23-8-10-25-11-9-23/h2-7,13H,8-12H2,1H3,(H,21,24). The van der Waals surface area contributed by atoms with E-state index in [2.05, 4.69) is 10.2 Å². The normalized spacial score (nSPS) is 14.6. The van der Waals surface area contributed by atoms with Crippen molar-refractivity contribution in [2.24, 2.45) is 0 Å². The van der Waals surface area contributed by atoms with Gasteiger partial charge in [0.1, 0.15) is 0 Å². The van der Waals surface area contributed by atoms with Crippen LogP contribution in [-0.2, 0) is 16.0 Å². The van der Waals surface area contributed by atoms with E-state index in [1.165, 1.54) is 5.56 Å². The number of anilines is 2. The number of amides is 1. The molecule has 0 saturated carbocycles. The molecule has 0 radical (unpaired) electrons. The lowest BCUT2D eigenvalue weighted by Crippen LogP contribution is -2.36. The Morgan fingerprint density at radius 2 is 1.96 bits per heavy atom. The van der Waals surface area contributed by atoms with Crippen molar-refractivity contribution in [3.63, 3.8) is 0 Å². The minimum Gasteiger partial charge on any atom is -0.378 e. The van der Waals surface area contributed by atoms with Gasteiger partial charge < -0.3 is 15.0 Å². The third kappa shape index (κ3) is 3.86. The third-order valence-electron chi connectivity index (χ3n) is 4.43. The summed E-state index contributed by atoms with van der Waals surface area (Å²) in [5, 5.41) is 4.01. The molecule has 2 aromatic carbocycles. The highest BCUT2D eigenvalue weighted by Gasteiger charge is 2.15. The number of carbonyl (C=O) groups excluding carboxylic acids is 1. The van der Waals surface area contributed by atoms with Crippen LogP contribution in [0.2, 0.25) is 0 Å². The summed E-state index contributed by atoms with van der Waals surface area (Å²) in [6.07, 6.45) is 0.375. The maximum absolute atomic E-state index is 12.3. The Bertz CT molecular complexity index is 914. The van der Waals surface area contributed by atoms with Gasteiger partial charge >= 0.3 is 0 Å². The van der Waals surface area contributed by atoms with Crippen LogP contribution in [0.5, 0.6) is 0 Å². The minimum absolute atomic E-state index is 0.00822. The van der Waals surface area contributed by atoms with E-state index >= 15 is 0 Å². The van der Waals surface area contributed by atoms with Crippen LogP contribution in [-0.4, -0.2) is 37.2 Å². The molecule has 0 aliphatic carbocycles. The van der Waals surface area contributed by atoms with Gasteiger partial charge in [0.25, 0.3) is 0 Å². The van der Waals surface area contributed by atoms with E-state index < -0.39 is 0 Å². The van der Waals surface area contributed by atoms with E-state index in [9.17, 15) is 4.79 Å². The number of ether oxygens (including phenoxy) is 1. The Morgan fingerprint density at radius 3 is 2.73 bits per heavy atom. The average molecular weight is 367 g/mol. The predicted molar refractivity (Wildman–Crippen MR) is 106 cm³/mol. The van der Waals surface area contributed by atoms with Gasteiger partial charge in [-0.2, -0.15) is 0 Å². The first-order chi connectivity index (χ1) is 12.7. The Hall–Kier alpha value is -2.44. The van der Waals surface area contributed by atoms with E-state index in [4.69, 9.17) is 9.72 Å². The molecular weight excluding hydrogens is 346 g/mol. The SMILES string of the molecule is Cc1ccc(CC(=O)Nc2ccc3nc(N4CCOCC4)sc3c2)cc1. The summed E-state index contributed by atoms with van der Waals surface area (Å²) in [5.74, 6) is -0.00822. The van der Waals surface area contributed by atoms with Gasteiger partial charge in [0.15, 0.2) is 5.13 Å². The topological polar surface area (TPSA) is 54.5 Å². The molecule has 0 spiro atoms. The minimum atomic E-state index is -0.00822. The first-order valence-corrected chi connectivity index (χ1v) is 9.58. The van der Waals surface area contributed by atoms with Gasteiger partial charge in [-0.25, -0.2) is 4.98 Å². The van der Waals surface area contributed by atoms with Crippen LogP contribution in [0.3, 0.4) is 0 Å². The lowest BCUT2D eigenvalue weighted by molar-refractivity contribution is -0.115. The average Bonchev–Trinajstić information content (AvgIpc) is 3.08. The lowest BCUT2D eigenvalue weighted by Gasteiger charge is -2.25. The van der Waals surface area contributed by atoms with Crippen LogP contribution in [0, 0.1) is 6.92 Å². The van der Waals surface area contributed by atoms with Crippen molar-refractivity contribution in [2.45, 2.75) is 13.3 Å². The molecule has 1 N–H and O–H groups in total. The molecule has 0 bridgehead atoms. The van der Waals surface area contributed by atoms with E-state index in [-0.39, 0.29) is 5.91 Å². The number of hydrogen-bond acceptors (Lipinski definition) is 5. The van der Waals surface area contributed by atoms with E-state index in [0.717, 1.165) is 52.9 Å². The second-order valence-corrected chi connectivity index (χ2v) is 7.50. The highest BCUT2D eigenvalue weighted by molar-refractivity contribution is 7.22. The first-order valence-electron chi connectivity index (χ1n) is 8.76. The zero-order valence-electron chi connectivity index (χ0n) is 14.7. The van der Waals surface area contributed by atoms with Crippen molar-refractivity contribution in [3.8, 4) is 0 Å². The third-order valence-corrected chi connectivity index (χ3v) is 5.51. The first kappa shape index (κ1) is 17.0. The second kappa shape index (κ2) is 7.43. The number of nitrogens with one attached hydrogen (secondary N) is 1. The molecule has 1 amide bonds. The van der Waals surface area contributed by atoms with Crippen LogP contribution in [0.15, 0.2) is 42.5 Å². The van der Waals surface area contributed by atoms with Crippen LogP contribution < -0.4 is 10.2 Å². The van der Waals surface area contributed by atoms with E-state index in [1.54, 1.807) is 11.3 Å². The highest BCUT2D eigenvalue weighted by atomic mass is 32.1. The summed E-state index contributed by atoms with van der Waals surface area (Å²) in [7, 11) is 0. The number of rotatable bonds is 4. The second-order valence-electron chi connectivity index (χ2n) is 6.49. The van der Waals surface area contributed by atoms with Crippen LogP contribution in [0.25, 0.3) is 10.2 Å². The number of thiazole rings is 1. The summed E-state index contributed by atoms with van der Waals surface area (Å²) < 4.78 is 6.48. The molecule has 0 atom stereocenters. The van der Waals surface area contributed by atoms with Crippen LogP contribution >= 0.6 is 11.3 Å². The van der Waals surface area contributed by atoms with Crippen molar-refractivity contribution >= 4 is 38.3 Å². The Balaban J connectivity index is 1.46. The number of fused-ring (bicyclic) bond motifs is 1. The molecule has 1 aromatic heterocycles. The van der Waals surface area contributed by atoms with Crippen LogP contribution in [0.1, 0.15) is 11.1 Å². The number of hydrogen-bond donors (Lipinski definition) is 1. The van der Waals surface area contributed by atoms with Crippen molar-refractivity contribution in [1.29, 1.82) is 0 Å². The maximum atomic E-state index is 12.3. The van der Waals surface area contributed by atoms with Gasteiger partial charge in [0.2, 0.25) is 5.91 Å². The molecule has 1 fully saturated rings. The van der Waals surface area contributed by atoms with Crippen LogP contribution in [0.4, 0.5) is 10.8 Å². The smallest absolute Gasteiger partial charge is 0.228 e. The van der Waals surface area contributed by atoms with Gasteiger partial charge in [-0.1, -0.05) is 41.2 Å². The van der Waals surface area contributed by atoms with Gasteiger partial charge in [-0.15, -0.1) is 0 Å². The highest BCUT2D eigenvalue weighted by Crippen LogP contribution is 2.31. The van der Waals surface area contributed by atoms with E-state index in [0.29, 0.717) is 6.42 Å². The molecule has 3 aromatic rings. The number of nitrogens with zero attached hydrogens (tertiary/aromatic N) is 2. The number of benzene rings is 2. The zero-order valence-corrected chi connectivity index (χ0v) is 15.5. The molecule has 0 unspecified atom stereocenters. The lowest BCUT2D eigenvalue weighted by atomic mass is 10.1. The van der Waals surface area contributed by atoms with E-state index in [1.807, 2.05) is 49.4 Å². The summed E-state index contributed by atoms with van der Waals surface area (Å²) in [6.45, 7) is 5.28. The maximum Gasteiger partial charge on any atom is 0.228 e. The number of aromatic nitrogens is 1. The zero-order chi connectivity index (χ0) is 17.9. The van der Waals surface area contributed by atoms with Gasteiger partial charge in [0, 0.05) is 18.8 Å². The quantitative estimate of drug-likeness (QED) is 0.765. The Morgan fingerprint density at radius 1 is 1.19 bits per heavy atom. The molecule has 1 aliphatic rings. The molecule has 5 nitrogen and oxygen atoms in total. The molecule has 2 heterocycles. The molecule has 1 aliphatic heterocycles. The predicted octanol–water partition coefficient (Wildman–Crippen LogP) is 3.62. The van der Waals surface area contributed by atoms with Crippen molar-refractivity contribution in [3.05, 3.63) is 53.6 Å². The van der Waals surface area contributed by atoms with Gasteiger partial charge in [0.05, 0.1) is 29.9 Å². The number of morpholine rings is 1. The molecule has 134 valence electrons. The molecule has 1 saturated heterocycles. The van der Waals surface area contributed by atoms with Crippen molar-refractivity contribution in [1.82, 2.24) is 4.98 Å². The number of carbonyl (C=O) groups is 1. The summed E-state index contributed by atoms with van der Waals surface area (Å²) >= 11 is 1.66.